The van der Waals surface area contributed by atoms with Gasteiger partial charge >= 0.3 is 0 Å². The molecule has 0 bridgehead atoms. The molecular formula is C16H16ClNO2. The quantitative estimate of drug-likeness (QED) is 0.736. The summed E-state index contributed by atoms with van der Waals surface area (Å²) in [6.45, 7) is 1.38. The molecule has 20 heavy (non-hydrogen) atoms. The van der Waals surface area contributed by atoms with Crippen LogP contribution in [0.3, 0.4) is 0 Å². The first-order valence-corrected chi connectivity index (χ1v) is 7.61. The fraction of sp³-hybridized carbons (Fsp3) is 0.438. The molecule has 2 heterocycles. The maximum atomic E-state index is 6.61. The van der Waals surface area contributed by atoms with Gasteiger partial charge < -0.3 is 9.47 Å². The fourth-order valence-corrected chi connectivity index (χ4v) is 3.38. The fourth-order valence-electron chi connectivity index (χ4n) is 3.02. The molecule has 1 aliphatic carbocycles. The van der Waals surface area contributed by atoms with Gasteiger partial charge in [-0.1, -0.05) is 11.6 Å². The van der Waals surface area contributed by atoms with E-state index in [9.17, 15) is 0 Å². The summed E-state index contributed by atoms with van der Waals surface area (Å²) in [5.74, 6) is 1.57. The van der Waals surface area contributed by atoms with Crippen molar-refractivity contribution in [3.05, 3.63) is 28.4 Å². The number of fused-ring (bicyclic) bond motifs is 3. The molecule has 2 aromatic rings. The molecule has 0 fully saturated rings. The van der Waals surface area contributed by atoms with E-state index in [-0.39, 0.29) is 0 Å². The molecular weight excluding hydrogens is 274 g/mol. The molecule has 0 N–H and O–H groups in total. The Labute approximate surface area is 122 Å². The molecule has 4 heteroatoms. The van der Waals surface area contributed by atoms with Gasteiger partial charge in [0.1, 0.15) is 0 Å². The lowest BCUT2D eigenvalue weighted by atomic mass is 9.94. The van der Waals surface area contributed by atoms with Gasteiger partial charge in [0.2, 0.25) is 0 Å². The van der Waals surface area contributed by atoms with Gasteiger partial charge in [0.15, 0.2) is 11.5 Å². The minimum atomic E-state index is 0.689. The number of nitrogens with zero attached hydrogens (tertiary/aromatic N) is 1. The Bertz CT molecular complexity index is 684. The van der Waals surface area contributed by atoms with Crippen LogP contribution in [0.4, 0.5) is 0 Å². The van der Waals surface area contributed by atoms with Crippen LogP contribution in [0.25, 0.3) is 10.9 Å². The zero-order valence-corrected chi connectivity index (χ0v) is 12.0. The van der Waals surface area contributed by atoms with Crippen LogP contribution in [0, 0.1) is 0 Å². The molecule has 4 rings (SSSR count). The lowest BCUT2D eigenvalue weighted by Gasteiger charge is -2.18. The highest BCUT2D eigenvalue weighted by molar-refractivity contribution is 6.36. The van der Waals surface area contributed by atoms with Gasteiger partial charge in [-0.25, -0.2) is 0 Å². The molecule has 2 aliphatic rings. The maximum Gasteiger partial charge on any atom is 0.163 e. The molecule has 3 nitrogen and oxygen atoms in total. The van der Waals surface area contributed by atoms with E-state index in [1.54, 1.807) is 0 Å². The third-order valence-electron chi connectivity index (χ3n) is 4.06. The average molecular weight is 290 g/mol. The van der Waals surface area contributed by atoms with Crippen LogP contribution in [0.5, 0.6) is 11.5 Å². The number of aromatic nitrogens is 1. The first kappa shape index (κ1) is 12.3. The van der Waals surface area contributed by atoms with Crippen LogP contribution >= 0.6 is 11.6 Å². The highest BCUT2D eigenvalue weighted by Crippen LogP contribution is 2.39. The summed E-state index contributed by atoms with van der Waals surface area (Å²) in [7, 11) is 0. The number of hydrogen-bond donors (Lipinski definition) is 0. The summed E-state index contributed by atoms with van der Waals surface area (Å²) in [5.41, 5.74) is 3.29. The van der Waals surface area contributed by atoms with E-state index in [1.807, 2.05) is 12.1 Å². The van der Waals surface area contributed by atoms with Crippen LogP contribution in [0.1, 0.15) is 30.5 Å². The minimum Gasteiger partial charge on any atom is -0.490 e. The smallest absolute Gasteiger partial charge is 0.163 e. The predicted octanol–water partition coefficient (Wildman–Crippen LogP) is 3.93. The van der Waals surface area contributed by atoms with Gasteiger partial charge in [-0.15, -0.1) is 0 Å². The van der Waals surface area contributed by atoms with E-state index in [4.69, 9.17) is 26.1 Å². The second-order valence-electron chi connectivity index (χ2n) is 5.42. The summed E-state index contributed by atoms with van der Waals surface area (Å²) < 4.78 is 11.5. The molecule has 0 unspecified atom stereocenters. The van der Waals surface area contributed by atoms with E-state index >= 15 is 0 Å². The number of benzene rings is 1. The van der Waals surface area contributed by atoms with Crippen molar-refractivity contribution in [3.8, 4) is 11.5 Å². The number of ether oxygens (including phenoxy) is 2. The van der Waals surface area contributed by atoms with Crippen LogP contribution in [0.2, 0.25) is 5.02 Å². The van der Waals surface area contributed by atoms with Crippen molar-refractivity contribution >= 4 is 22.5 Å². The lowest BCUT2D eigenvalue weighted by Crippen LogP contribution is -2.06. The van der Waals surface area contributed by atoms with Gasteiger partial charge in [0, 0.05) is 23.6 Å². The van der Waals surface area contributed by atoms with Gasteiger partial charge in [0.05, 0.1) is 23.8 Å². The monoisotopic (exact) mass is 289 g/mol. The molecule has 1 aliphatic heterocycles. The van der Waals surface area contributed by atoms with E-state index in [2.05, 4.69) is 0 Å². The number of hydrogen-bond acceptors (Lipinski definition) is 3. The summed E-state index contributed by atoms with van der Waals surface area (Å²) in [5, 5.41) is 1.83. The van der Waals surface area contributed by atoms with Crippen LogP contribution in [0.15, 0.2) is 12.1 Å². The largest absolute Gasteiger partial charge is 0.490 e. The second-order valence-corrected chi connectivity index (χ2v) is 5.80. The molecule has 1 aromatic carbocycles. The lowest BCUT2D eigenvalue weighted by molar-refractivity contribution is 0.297. The van der Waals surface area contributed by atoms with E-state index < -0.39 is 0 Å². The van der Waals surface area contributed by atoms with Crippen molar-refractivity contribution in [3.63, 3.8) is 0 Å². The first-order valence-electron chi connectivity index (χ1n) is 7.23. The van der Waals surface area contributed by atoms with Gasteiger partial charge in [0.25, 0.3) is 0 Å². The minimum absolute atomic E-state index is 0.689. The molecule has 0 saturated heterocycles. The summed E-state index contributed by atoms with van der Waals surface area (Å²) in [4.78, 5) is 4.80. The van der Waals surface area contributed by atoms with E-state index in [0.717, 1.165) is 52.4 Å². The van der Waals surface area contributed by atoms with Gasteiger partial charge in [-0.3, -0.25) is 4.98 Å². The topological polar surface area (TPSA) is 31.4 Å². The number of rotatable bonds is 0. The third kappa shape index (κ3) is 1.92. The summed E-state index contributed by atoms with van der Waals surface area (Å²) in [6, 6.07) is 3.96. The second kappa shape index (κ2) is 4.81. The molecule has 0 saturated carbocycles. The normalized spacial score (nSPS) is 17.6. The molecule has 0 radical (unpaired) electrons. The van der Waals surface area contributed by atoms with Gasteiger partial charge in [-0.05, 0) is 37.3 Å². The van der Waals surface area contributed by atoms with Gasteiger partial charge in [-0.2, -0.15) is 0 Å². The van der Waals surface area contributed by atoms with E-state index in [1.165, 1.54) is 18.4 Å². The number of pyridine rings is 1. The van der Waals surface area contributed by atoms with Crippen LogP contribution < -0.4 is 9.47 Å². The SMILES string of the molecule is Clc1c2c(nc3cc4c(cc13)OCCCO4)CCCC2. The Hall–Kier alpha value is -1.48. The molecule has 0 amide bonds. The Kier molecular flexibility index (Phi) is 2.95. The van der Waals surface area contributed by atoms with Crippen molar-refractivity contribution in [2.45, 2.75) is 32.1 Å². The zero-order chi connectivity index (χ0) is 13.5. The average Bonchev–Trinajstić information content (AvgIpc) is 2.70. The Morgan fingerprint density at radius 1 is 0.950 bits per heavy atom. The Balaban J connectivity index is 1.95. The summed E-state index contributed by atoms with van der Waals surface area (Å²) in [6.07, 6.45) is 5.37. The molecule has 104 valence electrons. The number of halogens is 1. The highest BCUT2D eigenvalue weighted by Gasteiger charge is 2.20. The highest BCUT2D eigenvalue weighted by atomic mass is 35.5. The number of aryl methyl sites for hydroxylation is 1. The maximum absolute atomic E-state index is 6.61. The van der Waals surface area contributed by atoms with E-state index in [0.29, 0.717) is 13.2 Å². The van der Waals surface area contributed by atoms with Crippen molar-refractivity contribution in [2.24, 2.45) is 0 Å². The van der Waals surface area contributed by atoms with Crippen molar-refractivity contribution in [1.29, 1.82) is 0 Å². The van der Waals surface area contributed by atoms with Crippen LogP contribution in [-0.2, 0) is 12.8 Å². The third-order valence-corrected chi connectivity index (χ3v) is 4.49. The molecule has 1 aromatic heterocycles. The summed E-state index contributed by atoms with van der Waals surface area (Å²) >= 11 is 6.61. The van der Waals surface area contributed by atoms with Crippen molar-refractivity contribution in [1.82, 2.24) is 4.98 Å². The van der Waals surface area contributed by atoms with Crippen LogP contribution in [-0.4, -0.2) is 18.2 Å². The predicted molar refractivity (Wildman–Crippen MR) is 79.0 cm³/mol. The standard InChI is InChI=1S/C16H16ClNO2/c17-16-10-4-1-2-5-12(10)18-13-9-15-14(8-11(13)16)19-6-3-7-20-15/h8-9H,1-7H2. The molecule has 0 spiro atoms. The van der Waals surface area contributed by atoms with Crippen molar-refractivity contribution < 1.29 is 9.47 Å². The first-order chi connectivity index (χ1) is 9.83. The zero-order valence-electron chi connectivity index (χ0n) is 11.2. The Morgan fingerprint density at radius 3 is 2.55 bits per heavy atom. The Morgan fingerprint density at radius 2 is 1.70 bits per heavy atom. The molecule has 0 atom stereocenters. The van der Waals surface area contributed by atoms with Crippen molar-refractivity contribution in [2.75, 3.05) is 13.2 Å².